The summed E-state index contributed by atoms with van der Waals surface area (Å²) in [5.74, 6) is 0.300. The van der Waals surface area contributed by atoms with Crippen molar-refractivity contribution in [2.45, 2.75) is 55.9 Å². The van der Waals surface area contributed by atoms with Gasteiger partial charge in [-0.1, -0.05) is 43.7 Å². The van der Waals surface area contributed by atoms with Gasteiger partial charge in [-0.3, -0.25) is 9.10 Å². The molecule has 0 bridgehead atoms. The molecule has 0 atom stereocenters. The number of anilines is 1. The largest absolute Gasteiger partial charge is 0.497 e. The van der Waals surface area contributed by atoms with Crippen LogP contribution in [0.4, 0.5) is 5.69 Å². The third kappa shape index (κ3) is 5.71. The van der Waals surface area contributed by atoms with Crippen LogP contribution in [0, 0.1) is 0 Å². The van der Waals surface area contributed by atoms with Crippen LogP contribution in [0.15, 0.2) is 47.4 Å². The normalized spacial score (nSPS) is 15.6. The number of nitrogens with zero attached hydrogens (tertiary/aromatic N) is 1. The molecule has 1 amide bonds. The Morgan fingerprint density at radius 1 is 1.03 bits per heavy atom. The van der Waals surface area contributed by atoms with Gasteiger partial charge in [0.05, 0.1) is 28.3 Å². The van der Waals surface area contributed by atoms with Crippen LogP contribution in [-0.2, 0) is 10.0 Å². The van der Waals surface area contributed by atoms with Crippen LogP contribution in [0.3, 0.4) is 0 Å². The Morgan fingerprint density at radius 3 is 2.26 bits per heavy atom. The molecule has 0 saturated heterocycles. The van der Waals surface area contributed by atoms with Gasteiger partial charge in [-0.15, -0.1) is 0 Å². The lowest BCUT2D eigenvalue weighted by atomic mass is 9.96. The molecule has 0 spiro atoms. The summed E-state index contributed by atoms with van der Waals surface area (Å²) in [6.07, 6.45) is 7.63. The first kappa shape index (κ1) is 23.4. The summed E-state index contributed by atoms with van der Waals surface area (Å²) >= 11 is 6.26. The minimum absolute atomic E-state index is 0.0121. The van der Waals surface area contributed by atoms with E-state index in [1.807, 2.05) is 0 Å². The van der Waals surface area contributed by atoms with E-state index < -0.39 is 10.0 Å². The molecule has 6 nitrogen and oxygen atoms in total. The van der Waals surface area contributed by atoms with Crippen molar-refractivity contribution in [1.29, 1.82) is 0 Å². The Morgan fingerprint density at radius 2 is 1.65 bits per heavy atom. The summed E-state index contributed by atoms with van der Waals surface area (Å²) in [5, 5.41) is 3.28. The molecule has 1 saturated carbocycles. The lowest BCUT2D eigenvalue weighted by Gasteiger charge is -2.22. The molecule has 2 aromatic rings. The Balaban J connectivity index is 1.81. The van der Waals surface area contributed by atoms with E-state index in [0.29, 0.717) is 11.4 Å². The maximum Gasteiger partial charge on any atom is 0.264 e. The van der Waals surface area contributed by atoms with E-state index in [9.17, 15) is 13.2 Å². The molecular weight excluding hydrogens is 436 g/mol. The molecule has 2 aromatic carbocycles. The SMILES string of the molecule is COc1ccc(N(C)S(=O)(=O)c2ccc(Cl)c(C(=O)NC3CCCCCCC3)c2)cc1. The monoisotopic (exact) mass is 464 g/mol. The Hall–Kier alpha value is -2.25. The average Bonchev–Trinajstić information content (AvgIpc) is 2.75. The molecule has 1 N–H and O–H groups in total. The summed E-state index contributed by atoms with van der Waals surface area (Å²) in [6.45, 7) is 0. The molecule has 0 heterocycles. The highest BCUT2D eigenvalue weighted by molar-refractivity contribution is 7.92. The number of ether oxygens (including phenoxy) is 1. The van der Waals surface area contributed by atoms with Crippen LogP contribution >= 0.6 is 11.6 Å². The number of benzene rings is 2. The highest BCUT2D eigenvalue weighted by atomic mass is 35.5. The standard InChI is InChI=1S/C23H29ClN2O4S/c1-26(18-10-12-19(30-2)13-11-18)31(28,29)20-14-15-22(24)21(16-20)23(27)25-17-8-6-4-3-5-7-9-17/h10-17H,3-9H2,1-2H3,(H,25,27). The van der Waals surface area contributed by atoms with Gasteiger partial charge >= 0.3 is 0 Å². The van der Waals surface area contributed by atoms with E-state index in [4.69, 9.17) is 16.3 Å². The smallest absolute Gasteiger partial charge is 0.264 e. The van der Waals surface area contributed by atoms with Crippen molar-refractivity contribution in [2.75, 3.05) is 18.5 Å². The number of amides is 1. The van der Waals surface area contributed by atoms with Gasteiger partial charge in [-0.25, -0.2) is 8.42 Å². The minimum Gasteiger partial charge on any atom is -0.497 e. The zero-order valence-corrected chi connectivity index (χ0v) is 19.5. The summed E-state index contributed by atoms with van der Waals surface area (Å²) in [7, 11) is -0.854. The number of rotatable bonds is 6. The molecule has 1 aliphatic carbocycles. The Bertz CT molecular complexity index is 1000. The lowest BCUT2D eigenvalue weighted by Crippen LogP contribution is -2.35. The van der Waals surface area contributed by atoms with Crippen molar-refractivity contribution in [2.24, 2.45) is 0 Å². The van der Waals surface area contributed by atoms with E-state index in [1.165, 1.54) is 48.8 Å². The van der Waals surface area contributed by atoms with Gasteiger partial charge in [0, 0.05) is 13.1 Å². The predicted octanol–water partition coefficient (Wildman–Crippen LogP) is 5.02. The predicted molar refractivity (Wildman–Crippen MR) is 124 cm³/mol. The molecule has 3 rings (SSSR count). The van der Waals surface area contributed by atoms with Gasteiger partial charge in [-0.2, -0.15) is 0 Å². The molecule has 0 radical (unpaired) electrons. The molecule has 0 aliphatic heterocycles. The topological polar surface area (TPSA) is 75.7 Å². The van der Waals surface area contributed by atoms with Gasteiger partial charge in [0.15, 0.2) is 0 Å². The van der Waals surface area contributed by atoms with Gasteiger partial charge in [-0.05, 0) is 55.3 Å². The number of carbonyl (C=O) groups excluding carboxylic acids is 1. The summed E-state index contributed by atoms with van der Waals surface area (Å²) in [4.78, 5) is 12.9. The number of hydrogen-bond donors (Lipinski definition) is 1. The van der Waals surface area contributed by atoms with Crippen molar-refractivity contribution in [3.8, 4) is 5.75 Å². The molecular formula is C23H29ClN2O4S. The maximum absolute atomic E-state index is 13.2. The fraction of sp³-hybridized carbons (Fsp3) is 0.435. The first-order valence-corrected chi connectivity index (χ1v) is 12.4. The Kier molecular flexibility index (Phi) is 7.84. The zero-order valence-electron chi connectivity index (χ0n) is 17.9. The van der Waals surface area contributed by atoms with Crippen LogP contribution in [0.1, 0.15) is 55.3 Å². The second kappa shape index (κ2) is 10.4. The van der Waals surface area contributed by atoms with Gasteiger partial charge in [0.1, 0.15) is 5.75 Å². The summed E-state index contributed by atoms with van der Waals surface area (Å²) < 4.78 is 32.6. The van der Waals surface area contributed by atoms with Gasteiger partial charge < -0.3 is 10.1 Å². The van der Waals surface area contributed by atoms with Crippen LogP contribution < -0.4 is 14.4 Å². The van der Waals surface area contributed by atoms with Gasteiger partial charge in [0.25, 0.3) is 15.9 Å². The molecule has 168 valence electrons. The van der Waals surface area contributed by atoms with Crippen molar-refractivity contribution in [3.05, 3.63) is 53.1 Å². The van der Waals surface area contributed by atoms with Crippen LogP contribution in [0.25, 0.3) is 0 Å². The number of hydrogen-bond acceptors (Lipinski definition) is 4. The maximum atomic E-state index is 13.2. The fourth-order valence-electron chi connectivity index (χ4n) is 3.79. The van der Waals surface area contributed by atoms with Crippen molar-refractivity contribution < 1.29 is 17.9 Å². The second-order valence-corrected chi connectivity index (χ2v) is 10.2. The number of carbonyl (C=O) groups is 1. The quantitative estimate of drug-likeness (QED) is 0.651. The van der Waals surface area contributed by atoms with E-state index in [2.05, 4.69) is 5.32 Å². The van der Waals surface area contributed by atoms with Crippen LogP contribution in [0.5, 0.6) is 5.75 Å². The first-order valence-electron chi connectivity index (χ1n) is 10.6. The van der Waals surface area contributed by atoms with Crippen LogP contribution in [-0.4, -0.2) is 34.5 Å². The average molecular weight is 465 g/mol. The number of halogens is 1. The Labute approximate surface area is 189 Å². The highest BCUT2D eigenvalue weighted by Gasteiger charge is 2.25. The van der Waals surface area contributed by atoms with Gasteiger partial charge in [0.2, 0.25) is 0 Å². The third-order valence-electron chi connectivity index (χ3n) is 5.72. The first-order chi connectivity index (χ1) is 14.8. The van der Waals surface area contributed by atoms with E-state index >= 15 is 0 Å². The number of sulfonamides is 1. The molecule has 1 aliphatic rings. The van der Waals surface area contributed by atoms with E-state index in [1.54, 1.807) is 31.4 Å². The van der Waals surface area contributed by atoms with Crippen LogP contribution in [0.2, 0.25) is 5.02 Å². The second-order valence-electron chi connectivity index (χ2n) is 7.83. The van der Waals surface area contributed by atoms with Crippen molar-refractivity contribution >= 4 is 33.2 Å². The third-order valence-corrected chi connectivity index (χ3v) is 7.83. The van der Waals surface area contributed by atoms with E-state index in [0.717, 1.165) is 25.7 Å². The molecule has 1 fully saturated rings. The van der Waals surface area contributed by atoms with Crippen molar-refractivity contribution in [3.63, 3.8) is 0 Å². The molecule has 31 heavy (non-hydrogen) atoms. The fourth-order valence-corrected chi connectivity index (χ4v) is 5.22. The van der Waals surface area contributed by atoms with Crippen molar-refractivity contribution in [1.82, 2.24) is 5.32 Å². The molecule has 0 aromatic heterocycles. The number of methoxy groups -OCH3 is 1. The molecule has 0 unspecified atom stereocenters. The zero-order chi connectivity index (χ0) is 22.4. The lowest BCUT2D eigenvalue weighted by molar-refractivity contribution is 0.0930. The minimum atomic E-state index is -3.87. The number of nitrogens with one attached hydrogen (secondary N) is 1. The molecule has 8 heteroatoms. The summed E-state index contributed by atoms with van der Waals surface area (Å²) in [5.41, 5.74) is 0.657. The summed E-state index contributed by atoms with van der Waals surface area (Å²) in [6, 6.07) is 11.0. The van der Waals surface area contributed by atoms with E-state index in [-0.39, 0.29) is 27.4 Å². The highest BCUT2D eigenvalue weighted by Crippen LogP contribution is 2.27.